The molecule has 0 N–H and O–H groups in total. The van der Waals surface area contributed by atoms with Crippen LogP contribution in [0.25, 0.3) is 0 Å². The molecule has 6 nitrogen and oxygen atoms in total. The fraction of sp³-hybridized carbons (Fsp3) is 0.286. The second-order valence-electron chi connectivity index (χ2n) is 4.42. The Morgan fingerprint density at radius 3 is 2.22 bits per heavy atom. The van der Waals surface area contributed by atoms with E-state index in [0.29, 0.717) is 0 Å². The minimum absolute atomic E-state index is 0.0868. The van der Waals surface area contributed by atoms with Crippen molar-refractivity contribution in [3.8, 4) is 0 Å². The van der Waals surface area contributed by atoms with Crippen molar-refractivity contribution in [2.75, 3.05) is 6.61 Å². The Labute approximate surface area is 128 Å². The van der Waals surface area contributed by atoms with Crippen molar-refractivity contribution >= 4 is 17.3 Å². The standard InChI is InChI=1S/C14H12F3NO5/c1-4-23-5-8(7(3)19)14(20)9-6(2)13(18(21)22)12(17)11(16)10(9)15/h5H,4H2,1-3H3/b8-5+. The van der Waals surface area contributed by atoms with Crippen LogP contribution in [0, 0.1) is 34.5 Å². The quantitative estimate of drug-likeness (QED) is 0.117. The number of benzene rings is 1. The Balaban J connectivity index is 3.69. The second-order valence-corrected chi connectivity index (χ2v) is 4.42. The highest BCUT2D eigenvalue weighted by Gasteiger charge is 2.34. The number of allylic oxidation sites excluding steroid dienone is 1. The first-order valence-corrected chi connectivity index (χ1v) is 6.33. The minimum Gasteiger partial charge on any atom is -0.501 e. The van der Waals surface area contributed by atoms with Gasteiger partial charge in [-0.15, -0.1) is 0 Å². The lowest BCUT2D eigenvalue weighted by Crippen LogP contribution is -2.17. The van der Waals surface area contributed by atoms with Crippen molar-refractivity contribution in [1.29, 1.82) is 0 Å². The molecular formula is C14H12F3NO5. The summed E-state index contributed by atoms with van der Waals surface area (Å²) in [5.74, 6) is -8.23. The lowest BCUT2D eigenvalue weighted by Gasteiger charge is -2.10. The van der Waals surface area contributed by atoms with Gasteiger partial charge >= 0.3 is 5.69 Å². The lowest BCUT2D eigenvalue weighted by atomic mass is 9.95. The largest absolute Gasteiger partial charge is 0.501 e. The average Bonchev–Trinajstić information content (AvgIpc) is 2.44. The number of nitro benzene ring substituents is 1. The van der Waals surface area contributed by atoms with Crippen molar-refractivity contribution in [2.24, 2.45) is 0 Å². The zero-order valence-electron chi connectivity index (χ0n) is 12.4. The molecule has 0 unspecified atom stereocenters. The van der Waals surface area contributed by atoms with Gasteiger partial charge in [0.2, 0.25) is 17.4 Å². The summed E-state index contributed by atoms with van der Waals surface area (Å²) >= 11 is 0. The van der Waals surface area contributed by atoms with Crippen LogP contribution in [0.1, 0.15) is 29.8 Å². The average molecular weight is 331 g/mol. The highest BCUT2D eigenvalue weighted by Crippen LogP contribution is 2.32. The number of ketones is 2. The Morgan fingerprint density at radius 2 is 1.78 bits per heavy atom. The van der Waals surface area contributed by atoms with E-state index < -0.39 is 56.3 Å². The number of rotatable bonds is 6. The number of hydrogen-bond donors (Lipinski definition) is 0. The van der Waals surface area contributed by atoms with Gasteiger partial charge in [-0.2, -0.15) is 4.39 Å². The van der Waals surface area contributed by atoms with Crippen LogP contribution < -0.4 is 0 Å². The van der Waals surface area contributed by atoms with Gasteiger partial charge in [0.25, 0.3) is 0 Å². The first-order chi connectivity index (χ1) is 10.6. The molecule has 0 saturated heterocycles. The Bertz CT molecular complexity index is 728. The zero-order chi connectivity index (χ0) is 17.9. The summed E-state index contributed by atoms with van der Waals surface area (Å²) in [7, 11) is 0. The topological polar surface area (TPSA) is 86.5 Å². The van der Waals surface area contributed by atoms with Crippen LogP contribution in [0.4, 0.5) is 18.9 Å². The maximum Gasteiger partial charge on any atom is 0.311 e. The highest BCUT2D eigenvalue weighted by atomic mass is 19.2. The van der Waals surface area contributed by atoms with Crippen LogP contribution in [0.3, 0.4) is 0 Å². The summed E-state index contributed by atoms with van der Waals surface area (Å²) in [5, 5.41) is 10.8. The van der Waals surface area contributed by atoms with Gasteiger partial charge in [-0.3, -0.25) is 19.7 Å². The van der Waals surface area contributed by atoms with Gasteiger partial charge in [-0.05, 0) is 20.8 Å². The summed E-state index contributed by atoms with van der Waals surface area (Å²) in [5.41, 5.74) is -3.82. The fourth-order valence-electron chi connectivity index (χ4n) is 1.84. The molecule has 0 spiro atoms. The number of ether oxygens (including phenoxy) is 1. The van der Waals surface area contributed by atoms with Gasteiger partial charge in [0, 0.05) is 5.56 Å². The number of Topliss-reactive ketones (excluding diaryl/α,β-unsaturated/α-hetero) is 2. The zero-order valence-corrected chi connectivity index (χ0v) is 12.4. The molecule has 0 heterocycles. The van der Waals surface area contributed by atoms with Crippen molar-refractivity contribution in [3.63, 3.8) is 0 Å². The molecule has 0 aliphatic carbocycles. The van der Waals surface area contributed by atoms with E-state index in [1.54, 1.807) is 6.92 Å². The van der Waals surface area contributed by atoms with E-state index in [2.05, 4.69) is 0 Å². The van der Waals surface area contributed by atoms with Crippen molar-refractivity contribution < 1.29 is 32.4 Å². The SMILES string of the molecule is CCO/C=C(\C(C)=O)C(=O)c1c(C)c([N+](=O)[O-])c(F)c(F)c1F. The predicted molar refractivity (Wildman–Crippen MR) is 72.4 cm³/mol. The molecule has 0 amide bonds. The summed E-state index contributed by atoms with van der Waals surface area (Å²) in [6, 6.07) is 0. The Kier molecular flexibility index (Phi) is 5.61. The maximum absolute atomic E-state index is 13.9. The summed E-state index contributed by atoms with van der Waals surface area (Å²) in [6.07, 6.45) is 0.747. The highest BCUT2D eigenvalue weighted by molar-refractivity contribution is 6.26. The monoisotopic (exact) mass is 331 g/mol. The molecule has 0 aromatic heterocycles. The number of carbonyl (C=O) groups excluding carboxylic acids is 2. The van der Waals surface area contributed by atoms with Gasteiger partial charge in [-0.25, -0.2) is 8.78 Å². The van der Waals surface area contributed by atoms with Crippen molar-refractivity contribution in [3.05, 3.63) is 50.5 Å². The van der Waals surface area contributed by atoms with E-state index in [1.807, 2.05) is 0 Å². The third-order valence-corrected chi connectivity index (χ3v) is 2.94. The minimum atomic E-state index is -2.16. The molecule has 0 saturated carbocycles. The number of nitrogens with zero attached hydrogens (tertiary/aromatic N) is 1. The molecule has 1 aromatic rings. The summed E-state index contributed by atoms with van der Waals surface area (Å²) in [6.45, 7) is 3.50. The van der Waals surface area contributed by atoms with E-state index in [0.717, 1.165) is 20.1 Å². The molecule has 1 aromatic carbocycles. The van der Waals surface area contributed by atoms with E-state index in [-0.39, 0.29) is 6.61 Å². The number of carbonyl (C=O) groups is 2. The molecular weight excluding hydrogens is 319 g/mol. The molecule has 23 heavy (non-hydrogen) atoms. The van der Waals surface area contributed by atoms with Crippen molar-refractivity contribution in [1.82, 2.24) is 0 Å². The van der Waals surface area contributed by atoms with Crippen LogP contribution in [0.15, 0.2) is 11.8 Å². The molecule has 0 radical (unpaired) electrons. The Morgan fingerprint density at radius 1 is 1.22 bits per heavy atom. The van der Waals surface area contributed by atoms with Gasteiger partial charge in [0.1, 0.15) is 0 Å². The normalized spacial score (nSPS) is 11.3. The third kappa shape index (κ3) is 3.38. The van der Waals surface area contributed by atoms with Crippen molar-refractivity contribution in [2.45, 2.75) is 20.8 Å². The van der Waals surface area contributed by atoms with Crippen LogP contribution in [0.2, 0.25) is 0 Å². The molecule has 1 rings (SSSR count). The molecule has 0 aliphatic rings. The van der Waals surface area contributed by atoms with Gasteiger partial charge < -0.3 is 4.74 Å². The molecule has 0 bridgehead atoms. The smallest absolute Gasteiger partial charge is 0.311 e. The maximum atomic E-state index is 13.9. The molecule has 9 heteroatoms. The third-order valence-electron chi connectivity index (χ3n) is 2.94. The first-order valence-electron chi connectivity index (χ1n) is 6.33. The predicted octanol–water partition coefficient (Wildman–Crippen LogP) is 3.01. The number of nitro groups is 1. The summed E-state index contributed by atoms with van der Waals surface area (Å²) < 4.78 is 45.7. The number of halogens is 3. The first kappa shape index (κ1) is 18.3. The fourth-order valence-corrected chi connectivity index (χ4v) is 1.84. The summed E-state index contributed by atoms with van der Waals surface area (Å²) in [4.78, 5) is 33.3. The van der Waals surface area contributed by atoms with E-state index in [4.69, 9.17) is 4.74 Å². The van der Waals surface area contributed by atoms with E-state index in [1.165, 1.54) is 0 Å². The van der Waals surface area contributed by atoms with E-state index in [9.17, 15) is 32.9 Å². The van der Waals surface area contributed by atoms with Crippen LogP contribution >= 0.6 is 0 Å². The van der Waals surface area contributed by atoms with Gasteiger partial charge in [-0.1, -0.05) is 0 Å². The Hall–Kier alpha value is -2.71. The number of hydrogen-bond acceptors (Lipinski definition) is 5. The lowest BCUT2D eigenvalue weighted by molar-refractivity contribution is -0.388. The molecule has 0 atom stereocenters. The van der Waals surface area contributed by atoms with Crippen LogP contribution in [-0.2, 0) is 9.53 Å². The second kappa shape index (κ2) is 7.03. The van der Waals surface area contributed by atoms with E-state index >= 15 is 0 Å². The van der Waals surface area contributed by atoms with Crippen LogP contribution in [-0.4, -0.2) is 23.1 Å². The van der Waals surface area contributed by atoms with Crippen LogP contribution in [0.5, 0.6) is 0 Å². The molecule has 0 fully saturated rings. The molecule has 124 valence electrons. The molecule has 0 aliphatic heterocycles. The van der Waals surface area contributed by atoms with Gasteiger partial charge in [0.05, 0.1) is 28.9 Å². The van der Waals surface area contributed by atoms with Gasteiger partial charge in [0.15, 0.2) is 11.6 Å².